The van der Waals surface area contributed by atoms with E-state index in [2.05, 4.69) is 6.07 Å². The maximum absolute atomic E-state index is 12.6. The average Bonchev–Trinajstić information content (AvgIpc) is 2.98. The Morgan fingerprint density at radius 2 is 2.10 bits per heavy atom. The van der Waals surface area contributed by atoms with E-state index < -0.39 is 0 Å². The molecule has 5 heteroatoms. The van der Waals surface area contributed by atoms with E-state index in [1.54, 1.807) is 23.1 Å². The van der Waals surface area contributed by atoms with E-state index in [1.807, 2.05) is 41.5 Å². The van der Waals surface area contributed by atoms with Gasteiger partial charge in [0.1, 0.15) is 4.75 Å². The zero-order chi connectivity index (χ0) is 14.9. The van der Waals surface area contributed by atoms with Gasteiger partial charge in [-0.3, -0.25) is 4.79 Å². The molecule has 1 amide bonds. The van der Waals surface area contributed by atoms with Gasteiger partial charge in [-0.25, -0.2) is 0 Å². The Kier molecular flexibility index (Phi) is 3.92. The molecule has 21 heavy (non-hydrogen) atoms. The van der Waals surface area contributed by atoms with Gasteiger partial charge in [0.15, 0.2) is 0 Å². The summed E-state index contributed by atoms with van der Waals surface area (Å²) in [7, 11) is 0. The van der Waals surface area contributed by atoms with E-state index in [9.17, 15) is 10.1 Å². The Morgan fingerprint density at radius 1 is 1.38 bits per heavy atom. The van der Waals surface area contributed by atoms with Crippen LogP contribution in [-0.4, -0.2) is 34.9 Å². The number of carbonyl (C=O) groups is 1. The predicted octanol–water partition coefficient (Wildman–Crippen LogP) is 3.76. The molecule has 1 aromatic heterocycles. The largest absolute Gasteiger partial charge is 0.338 e. The number of benzene rings is 1. The van der Waals surface area contributed by atoms with Crippen LogP contribution in [0.1, 0.15) is 22.5 Å². The highest BCUT2D eigenvalue weighted by molar-refractivity contribution is 8.00. The van der Waals surface area contributed by atoms with Crippen LogP contribution in [0.3, 0.4) is 0 Å². The number of likely N-dealkylation sites (tertiary alicyclic amines) is 1. The van der Waals surface area contributed by atoms with Gasteiger partial charge in [0.05, 0.1) is 10.9 Å². The number of amides is 1. The topological polar surface area (TPSA) is 44.1 Å². The summed E-state index contributed by atoms with van der Waals surface area (Å²) in [6, 6.07) is 12.5. The Labute approximate surface area is 132 Å². The summed E-state index contributed by atoms with van der Waals surface area (Å²) in [5, 5.41) is 10.4. The molecule has 0 radical (unpaired) electrons. The number of nitriles is 1. The molecule has 1 aromatic carbocycles. The van der Waals surface area contributed by atoms with Crippen molar-refractivity contribution in [1.82, 2.24) is 4.90 Å². The fourth-order valence-corrected chi connectivity index (χ4v) is 4.39. The number of rotatable bonds is 2. The minimum absolute atomic E-state index is 0.101. The highest BCUT2D eigenvalue weighted by atomic mass is 32.2. The average molecular weight is 316 g/mol. The van der Waals surface area contributed by atoms with E-state index in [0.717, 1.165) is 27.8 Å². The number of hydrogen-bond donors (Lipinski definition) is 0. The van der Waals surface area contributed by atoms with Crippen LogP contribution >= 0.6 is 23.1 Å². The van der Waals surface area contributed by atoms with Crippen molar-refractivity contribution in [3.8, 4) is 6.07 Å². The lowest BCUT2D eigenvalue weighted by Gasteiger charge is -2.35. The molecule has 0 aliphatic carbocycles. The third-order valence-corrected chi connectivity index (χ3v) is 6.47. The monoisotopic (exact) mass is 316 g/mol. The van der Waals surface area contributed by atoms with Crippen LogP contribution in [-0.2, 0) is 0 Å². The molecule has 1 saturated heterocycles. The van der Waals surface area contributed by atoms with Crippen LogP contribution in [0, 0.1) is 11.3 Å². The van der Waals surface area contributed by atoms with Gasteiger partial charge < -0.3 is 4.90 Å². The van der Waals surface area contributed by atoms with E-state index >= 15 is 0 Å². The van der Waals surface area contributed by atoms with E-state index in [4.69, 9.17) is 0 Å². The molecular formula is C16H16N2OS2. The predicted molar refractivity (Wildman–Crippen MR) is 88.8 cm³/mol. The van der Waals surface area contributed by atoms with Gasteiger partial charge >= 0.3 is 0 Å². The van der Waals surface area contributed by atoms with E-state index in [1.165, 1.54) is 0 Å². The maximum atomic E-state index is 12.6. The number of fused-ring (bicyclic) bond motifs is 1. The van der Waals surface area contributed by atoms with Gasteiger partial charge in [0.2, 0.25) is 0 Å². The van der Waals surface area contributed by atoms with E-state index in [0.29, 0.717) is 13.1 Å². The molecular weight excluding hydrogens is 300 g/mol. The van der Waals surface area contributed by atoms with Crippen molar-refractivity contribution in [2.45, 2.75) is 17.6 Å². The molecule has 3 rings (SSSR count). The number of thiophene rings is 1. The molecule has 108 valence electrons. The van der Waals surface area contributed by atoms with Crippen LogP contribution in [0.25, 0.3) is 10.1 Å². The highest BCUT2D eigenvalue weighted by Gasteiger charge is 2.35. The highest BCUT2D eigenvalue weighted by Crippen LogP contribution is 2.35. The zero-order valence-corrected chi connectivity index (χ0v) is 13.5. The summed E-state index contributed by atoms with van der Waals surface area (Å²) in [5.41, 5.74) is 0. The standard InChI is InChI=1S/C16H16N2OS2/c1-20-16(11-17)6-8-18(9-7-16)15(19)14-10-12-4-2-3-5-13(12)21-14/h2-5,10H,6-9H2,1H3. The lowest BCUT2D eigenvalue weighted by Crippen LogP contribution is -2.44. The Balaban J connectivity index is 1.76. The Hall–Kier alpha value is -1.51. The van der Waals surface area contributed by atoms with Crippen LogP contribution in [0.4, 0.5) is 0 Å². The van der Waals surface area contributed by atoms with Crippen molar-refractivity contribution in [2.24, 2.45) is 0 Å². The first-order valence-electron chi connectivity index (χ1n) is 6.92. The summed E-state index contributed by atoms with van der Waals surface area (Å²) < 4.78 is 0.838. The van der Waals surface area contributed by atoms with Gasteiger partial charge in [0, 0.05) is 17.8 Å². The number of thioether (sulfide) groups is 1. The number of carbonyl (C=O) groups excluding carboxylic acids is 1. The van der Waals surface area contributed by atoms with Crippen LogP contribution in [0.5, 0.6) is 0 Å². The van der Waals surface area contributed by atoms with Gasteiger partial charge in [-0.15, -0.1) is 23.1 Å². The molecule has 0 unspecified atom stereocenters. The van der Waals surface area contributed by atoms with Gasteiger partial charge in [-0.2, -0.15) is 5.26 Å². The minimum Gasteiger partial charge on any atom is -0.338 e. The minimum atomic E-state index is -0.309. The molecule has 1 fully saturated rings. The normalized spacial score (nSPS) is 17.6. The summed E-state index contributed by atoms with van der Waals surface area (Å²) in [6.45, 7) is 1.34. The van der Waals surface area contributed by atoms with Crippen molar-refractivity contribution in [3.63, 3.8) is 0 Å². The number of nitrogens with zero attached hydrogens (tertiary/aromatic N) is 2. The molecule has 0 spiro atoms. The zero-order valence-electron chi connectivity index (χ0n) is 11.8. The summed E-state index contributed by atoms with van der Waals surface area (Å²) in [4.78, 5) is 15.3. The summed E-state index contributed by atoms with van der Waals surface area (Å²) >= 11 is 3.16. The van der Waals surface area contributed by atoms with E-state index in [-0.39, 0.29) is 10.7 Å². The first-order valence-corrected chi connectivity index (χ1v) is 8.96. The van der Waals surface area contributed by atoms with Crippen molar-refractivity contribution >= 4 is 39.1 Å². The maximum Gasteiger partial charge on any atom is 0.263 e. The lowest BCUT2D eigenvalue weighted by atomic mass is 9.97. The third kappa shape index (κ3) is 2.66. The quantitative estimate of drug-likeness (QED) is 0.847. The molecule has 0 saturated carbocycles. The van der Waals surface area contributed by atoms with Gasteiger partial charge in [0.25, 0.3) is 5.91 Å². The smallest absolute Gasteiger partial charge is 0.263 e. The lowest BCUT2D eigenvalue weighted by molar-refractivity contribution is 0.0721. The summed E-state index contributed by atoms with van der Waals surface area (Å²) in [6.07, 6.45) is 3.48. The fraction of sp³-hybridized carbons (Fsp3) is 0.375. The molecule has 3 nitrogen and oxygen atoms in total. The SMILES string of the molecule is CSC1(C#N)CCN(C(=O)c2cc3ccccc3s2)CC1. The third-order valence-electron chi connectivity index (χ3n) is 4.09. The van der Waals surface area contributed by atoms with Gasteiger partial charge in [-0.1, -0.05) is 18.2 Å². The second-order valence-corrected chi connectivity index (χ2v) is 7.52. The number of piperidine rings is 1. The van der Waals surface area contributed by atoms with Crippen molar-refractivity contribution in [3.05, 3.63) is 35.2 Å². The number of hydrogen-bond acceptors (Lipinski definition) is 4. The molecule has 0 atom stereocenters. The summed E-state index contributed by atoms with van der Waals surface area (Å²) in [5.74, 6) is 0.101. The molecule has 1 aliphatic heterocycles. The second kappa shape index (κ2) is 5.70. The van der Waals surface area contributed by atoms with Crippen molar-refractivity contribution in [1.29, 1.82) is 5.26 Å². The first kappa shape index (κ1) is 14.4. The first-order chi connectivity index (χ1) is 10.2. The van der Waals surface area contributed by atoms with Gasteiger partial charge in [-0.05, 0) is 36.6 Å². The molecule has 1 aliphatic rings. The molecule has 0 N–H and O–H groups in total. The molecule has 2 heterocycles. The second-order valence-electron chi connectivity index (χ2n) is 5.25. The van der Waals surface area contributed by atoms with Crippen molar-refractivity contribution in [2.75, 3.05) is 19.3 Å². The fourth-order valence-electron chi connectivity index (χ4n) is 2.68. The van der Waals surface area contributed by atoms with Crippen LogP contribution in [0.15, 0.2) is 30.3 Å². The Bertz CT molecular complexity index is 675. The molecule has 2 aromatic rings. The van der Waals surface area contributed by atoms with Crippen LogP contribution in [0.2, 0.25) is 0 Å². The van der Waals surface area contributed by atoms with Crippen LogP contribution < -0.4 is 0 Å². The Morgan fingerprint density at radius 3 is 2.71 bits per heavy atom. The molecule has 0 bridgehead atoms. The van der Waals surface area contributed by atoms with Crippen molar-refractivity contribution < 1.29 is 4.79 Å².